The molecule has 2 aromatic rings. The van der Waals surface area contributed by atoms with Crippen molar-refractivity contribution in [1.29, 1.82) is 0 Å². The molecule has 0 spiro atoms. The highest BCUT2D eigenvalue weighted by molar-refractivity contribution is 9.10. The Hall–Kier alpha value is -0.880. The van der Waals surface area contributed by atoms with Gasteiger partial charge in [-0.05, 0) is 45.8 Å². The van der Waals surface area contributed by atoms with Crippen molar-refractivity contribution in [2.24, 2.45) is 0 Å². The number of methoxy groups -OCH3 is 1. The summed E-state index contributed by atoms with van der Waals surface area (Å²) in [6.45, 7) is 2.05. The van der Waals surface area contributed by atoms with Crippen LogP contribution in [-0.4, -0.2) is 20.3 Å². The van der Waals surface area contributed by atoms with Crippen molar-refractivity contribution in [3.63, 3.8) is 0 Å². The first-order valence-electron chi connectivity index (χ1n) is 6.61. The fraction of sp³-hybridized carbons (Fsp3) is 0.250. The van der Waals surface area contributed by atoms with E-state index in [-0.39, 0.29) is 5.82 Å². The van der Waals surface area contributed by atoms with Crippen LogP contribution in [0.5, 0.6) is 0 Å². The van der Waals surface area contributed by atoms with E-state index in [4.69, 9.17) is 4.74 Å². The molecule has 0 radical (unpaired) electrons. The van der Waals surface area contributed by atoms with E-state index in [1.54, 1.807) is 13.2 Å². The minimum Gasteiger partial charge on any atom is -0.383 e. The van der Waals surface area contributed by atoms with Gasteiger partial charge >= 0.3 is 0 Å². The standard InChI is InChI=1S/C16H17BrFNOS/c1-20-9-8-19-11-12-6-7-16(14(18)10-12)21-15-5-3-2-4-13(15)17/h2-7,10,19H,8-9,11H2,1H3. The minimum atomic E-state index is -0.193. The van der Waals surface area contributed by atoms with Gasteiger partial charge in [-0.3, -0.25) is 0 Å². The maximum atomic E-state index is 14.2. The molecule has 0 bridgehead atoms. The molecule has 0 aliphatic rings. The summed E-state index contributed by atoms with van der Waals surface area (Å²) in [7, 11) is 1.66. The lowest BCUT2D eigenvalue weighted by Crippen LogP contribution is -2.18. The van der Waals surface area contributed by atoms with Crippen molar-refractivity contribution < 1.29 is 9.13 Å². The second kappa shape index (κ2) is 8.54. The Balaban J connectivity index is 2.01. The fourth-order valence-corrected chi connectivity index (χ4v) is 3.16. The number of nitrogens with one attached hydrogen (secondary N) is 1. The van der Waals surface area contributed by atoms with Crippen molar-refractivity contribution in [3.8, 4) is 0 Å². The quantitative estimate of drug-likeness (QED) is 0.727. The lowest BCUT2D eigenvalue weighted by molar-refractivity contribution is 0.199. The number of hydrogen-bond acceptors (Lipinski definition) is 3. The Morgan fingerprint density at radius 3 is 2.71 bits per heavy atom. The molecule has 2 aromatic carbocycles. The SMILES string of the molecule is COCCNCc1ccc(Sc2ccccc2Br)c(F)c1. The predicted octanol–water partition coefficient (Wildman–Crippen LogP) is 4.48. The highest BCUT2D eigenvalue weighted by Gasteiger charge is 2.07. The van der Waals surface area contributed by atoms with Gasteiger partial charge in [0.25, 0.3) is 0 Å². The van der Waals surface area contributed by atoms with Crippen LogP contribution in [0.3, 0.4) is 0 Å². The Labute approximate surface area is 137 Å². The van der Waals surface area contributed by atoms with Gasteiger partial charge in [0.15, 0.2) is 0 Å². The molecule has 112 valence electrons. The molecule has 21 heavy (non-hydrogen) atoms. The summed E-state index contributed by atoms with van der Waals surface area (Å²) in [5.41, 5.74) is 0.931. The number of halogens is 2. The first kappa shape index (κ1) is 16.5. The third-order valence-electron chi connectivity index (χ3n) is 2.86. The van der Waals surface area contributed by atoms with E-state index in [1.807, 2.05) is 36.4 Å². The molecule has 0 fully saturated rings. The summed E-state index contributed by atoms with van der Waals surface area (Å²) in [6.07, 6.45) is 0. The fourth-order valence-electron chi connectivity index (χ4n) is 1.79. The lowest BCUT2D eigenvalue weighted by Gasteiger charge is -2.08. The third-order valence-corrected chi connectivity index (χ3v) is 4.95. The van der Waals surface area contributed by atoms with Crippen molar-refractivity contribution in [2.45, 2.75) is 16.3 Å². The maximum Gasteiger partial charge on any atom is 0.137 e. The maximum absolute atomic E-state index is 14.2. The van der Waals surface area contributed by atoms with Crippen molar-refractivity contribution in [1.82, 2.24) is 5.32 Å². The average molecular weight is 370 g/mol. The highest BCUT2D eigenvalue weighted by atomic mass is 79.9. The van der Waals surface area contributed by atoms with E-state index in [2.05, 4.69) is 21.2 Å². The molecular weight excluding hydrogens is 353 g/mol. The monoisotopic (exact) mass is 369 g/mol. The molecular formula is C16H17BrFNOS. The molecule has 0 aliphatic heterocycles. The van der Waals surface area contributed by atoms with Gasteiger partial charge in [0.1, 0.15) is 5.82 Å². The highest BCUT2D eigenvalue weighted by Crippen LogP contribution is 2.34. The molecule has 0 atom stereocenters. The molecule has 2 rings (SSSR count). The molecule has 0 aromatic heterocycles. The van der Waals surface area contributed by atoms with Crippen molar-refractivity contribution in [3.05, 3.63) is 58.3 Å². The summed E-state index contributed by atoms with van der Waals surface area (Å²) in [5.74, 6) is -0.193. The molecule has 0 saturated carbocycles. The van der Waals surface area contributed by atoms with Gasteiger partial charge in [-0.2, -0.15) is 0 Å². The second-order valence-corrected chi connectivity index (χ2v) is 6.40. The van der Waals surface area contributed by atoms with Gasteiger partial charge in [0.05, 0.1) is 6.61 Å². The van der Waals surface area contributed by atoms with Crippen LogP contribution in [-0.2, 0) is 11.3 Å². The molecule has 1 N–H and O–H groups in total. The molecule has 0 heterocycles. The smallest absolute Gasteiger partial charge is 0.137 e. The molecule has 5 heteroatoms. The first-order valence-corrected chi connectivity index (χ1v) is 8.22. The van der Waals surface area contributed by atoms with Crippen LogP contribution in [0.1, 0.15) is 5.56 Å². The van der Waals surface area contributed by atoms with Crippen molar-refractivity contribution in [2.75, 3.05) is 20.3 Å². The number of rotatable bonds is 7. The Morgan fingerprint density at radius 2 is 2.00 bits per heavy atom. The van der Waals surface area contributed by atoms with Gasteiger partial charge in [0, 0.05) is 34.5 Å². The van der Waals surface area contributed by atoms with Crippen LogP contribution in [0.2, 0.25) is 0 Å². The van der Waals surface area contributed by atoms with E-state index in [0.717, 1.165) is 21.5 Å². The summed E-state index contributed by atoms with van der Waals surface area (Å²) >= 11 is 4.90. The summed E-state index contributed by atoms with van der Waals surface area (Å²) < 4.78 is 20.1. The van der Waals surface area contributed by atoms with Gasteiger partial charge in [-0.1, -0.05) is 30.0 Å². The number of ether oxygens (including phenoxy) is 1. The zero-order valence-corrected chi connectivity index (χ0v) is 14.1. The Morgan fingerprint density at radius 1 is 1.19 bits per heavy atom. The normalized spacial score (nSPS) is 10.8. The first-order chi connectivity index (χ1) is 10.2. The van der Waals surface area contributed by atoms with Crippen LogP contribution in [0.15, 0.2) is 56.7 Å². The van der Waals surface area contributed by atoms with Crippen LogP contribution < -0.4 is 5.32 Å². The Bertz CT molecular complexity index is 594. The van der Waals surface area contributed by atoms with E-state index in [0.29, 0.717) is 18.0 Å². The van der Waals surface area contributed by atoms with E-state index >= 15 is 0 Å². The van der Waals surface area contributed by atoms with E-state index < -0.39 is 0 Å². The van der Waals surface area contributed by atoms with Gasteiger partial charge in [-0.15, -0.1) is 0 Å². The average Bonchev–Trinajstić information content (AvgIpc) is 2.48. The number of benzene rings is 2. The lowest BCUT2D eigenvalue weighted by atomic mass is 10.2. The van der Waals surface area contributed by atoms with Gasteiger partial charge in [0.2, 0.25) is 0 Å². The largest absolute Gasteiger partial charge is 0.383 e. The Kier molecular flexibility index (Phi) is 6.70. The summed E-state index contributed by atoms with van der Waals surface area (Å²) in [5, 5.41) is 3.20. The van der Waals surface area contributed by atoms with Crippen LogP contribution >= 0.6 is 27.7 Å². The predicted molar refractivity (Wildman–Crippen MR) is 88.2 cm³/mol. The van der Waals surface area contributed by atoms with Crippen LogP contribution in [0, 0.1) is 5.82 Å². The van der Waals surface area contributed by atoms with Crippen LogP contribution in [0.25, 0.3) is 0 Å². The van der Waals surface area contributed by atoms with Gasteiger partial charge < -0.3 is 10.1 Å². The van der Waals surface area contributed by atoms with Gasteiger partial charge in [-0.25, -0.2) is 4.39 Å². The van der Waals surface area contributed by atoms with E-state index in [9.17, 15) is 4.39 Å². The molecule has 0 unspecified atom stereocenters. The van der Waals surface area contributed by atoms with Crippen LogP contribution in [0.4, 0.5) is 4.39 Å². The number of hydrogen-bond donors (Lipinski definition) is 1. The third kappa shape index (κ3) is 5.11. The minimum absolute atomic E-state index is 0.193. The zero-order valence-electron chi connectivity index (χ0n) is 11.7. The zero-order chi connectivity index (χ0) is 15.1. The second-order valence-electron chi connectivity index (χ2n) is 4.47. The summed E-state index contributed by atoms with van der Waals surface area (Å²) in [6, 6.07) is 13.2. The van der Waals surface area contributed by atoms with E-state index in [1.165, 1.54) is 11.8 Å². The molecule has 0 aliphatic carbocycles. The molecule has 0 amide bonds. The molecule has 2 nitrogen and oxygen atoms in total. The summed E-state index contributed by atoms with van der Waals surface area (Å²) in [4.78, 5) is 1.63. The molecule has 0 saturated heterocycles. The van der Waals surface area contributed by atoms with Crippen molar-refractivity contribution >= 4 is 27.7 Å². The topological polar surface area (TPSA) is 21.3 Å².